The van der Waals surface area contributed by atoms with Crippen LogP contribution in [0.3, 0.4) is 0 Å². The average molecular weight is 405 g/mol. The van der Waals surface area contributed by atoms with E-state index in [9.17, 15) is 4.79 Å². The summed E-state index contributed by atoms with van der Waals surface area (Å²) in [6.07, 6.45) is 9.65. The molecule has 1 saturated carbocycles. The summed E-state index contributed by atoms with van der Waals surface area (Å²) in [5.41, 5.74) is 3.32. The molecule has 1 heterocycles. The number of nitrogens with one attached hydrogen (secondary N) is 1. The third-order valence-electron chi connectivity index (χ3n) is 4.68. The lowest BCUT2D eigenvalue weighted by Crippen LogP contribution is -2.17. The number of nitriles is 1. The van der Waals surface area contributed by atoms with Gasteiger partial charge in [0.2, 0.25) is 12.3 Å². The Labute approximate surface area is 178 Å². The van der Waals surface area contributed by atoms with E-state index >= 15 is 0 Å². The summed E-state index contributed by atoms with van der Waals surface area (Å²) in [6, 6.07) is 16.8. The van der Waals surface area contributed by atoms with Gasteiger partial charge in [0.05, 0.1) is 11.6 Å². The zero-order valence-corrected chi connectivity index (χ0v) is 17.6. The van der Waals surface area contributed by atoms with E-state index in [-0.39, 0.29) is 5.91 Å². The fraction of sp³-hybridized carbons (Fsp3) is 0.333. The first-order valence-electron chi connectivity index (χ1n) is 10.3. The molecule has 6 nitrogen and oxygen atoms in total. The van der Waals surface area contributed by atoms with Crippen LogP contribution < -0.4 is 5.32 Å². The van der Waals surface area contributed by atoms with Crippen LogP contribution >= 0.6 is 0 Å². The number of amides is 1. The minimum Gasteiger partial charge on any atom is -0.428 e. The summed E-state index contributed by atoms with van der Waals surface area (Å²) in [5.74, 6) is 0.598. The zero-order valence-electron chi connectivity index (χ0n) is 17.6. The van der Waals surface area contributed by atoms with Crippen molar-refractivity contribution in [2.45, 2.75) is 45.4 Å². The SMILES string of the molecule is C1CCCC1.CCc1nnco1.CNC(=O)c1ccc(-c2ccc(C#N)cc2)cc1. The van der Waals surface area contributed by atoms with E-state index in [1.54, 1.807) is 31.3 Å². The van der Waals surface area contributed by atoms with Gasteiger partial charge in [-0.15, -0.1) is 10.2 Å². The Kier molecular flexibility index (Phi) is 9.81. The maximum atomic E-state index is 11.4. The van der Waals surface area contributed by atoms with Gasteiger partial charge in [-0.1, -0.05) is 63.3 Å². The highest BCUT2D eigenvalue weighted by Crippen LogP contribution is 2.20. The molecule has 0 bridgehead atoms. The quantitative estimate of drug-likeness (QED) is 0.650. The lowest BCUT2D eigenvalue weighted by Gasteiger charge is -2.03. The van der Waals surface area contributed by atoms with Crippen molar-refractivity contribution in [2.75, 3.05) is 7.05 Å². The second-order valence-corrected chi connectivity index (χ2v) is 6.80. The average Bonchev–Trinajstić information content (AvgIpc) is 3.56. The monoisotopic (exact) mass is 404 g/mol. The molecule has 3 aromatic rings. The summed E-state index contributed by atoms with van der Waals surface area (Å²) in [5, 5.41) is 18.4. The van der Waals surface area contributed by atoms with E-state index in [1.807, 2.05) is 31.2 Å². The van der Waals surface area contributed by atoms with Crippen molar-refractivity contribution >= 4 is 5.91 Å². The molecule has 156 valence electrons. The summed E-state index contributed by atoms with van der Waals surface area (Å²) >= 11 is 0. The molecule has 1 N–H and O–H groups in total. The second-order valence-electron chi connectivity index (χ2n) is 6.80. The largest absolute Gasteiger partial charge is 0.428 e. The van der Waals surface area contributed by atoms with E-state index in [1.165, 1.54) is 38.5 Å². The number of benzene rings is 2. The van der Waals surface area contributed by atoms with Gasteiger partial charge in [0.15, 0.2) is 0 Å². The normalized spacial score (nSPS) is 11.9. The van der Waals surface area contributed by atoms with Crippen molar-refractivity contribution < 1.29 is 9.21 Å². The van der Waals surface area contributed by atoms with Crippen LogP contribution in [0.15, 0.2) is 59.3 Å². The van der Waals surface area contributed by atoms with Crippen molar-refractivity contribution in [3.05, 3.63) is 71.9 Å². The molecule has 1 aliphatic rings. The molecule has 30 heavy (non-hydrogen) atoms. The molecule has 1 aliphatic carbocycles. The molecule has 0 saturated heterocycles. The smallest absolute Gasteiger partial charge is 0.251 e. The molecule has 1 fully saturated rings. The Morgan fingerprint density at radius 1 is 1.00 bits per heavy atom. The molecule has 0 radical (unpaired) electrons. The first kappa shape index (κ1) is 22.8. The molecular formula is C24H28N4O2. The van der Waals surface area contributed by atoms with Crippen LogP contribution in [-0.4, -0.2) is 23.2 Å². The molecule has 1 aromatic heterocycles. The standard InChI is InChI=1S/C15H12N2O.C5H10.C4H6N2O/c1-17-15(18)14-8-6-13(7-9-14)12-4-2-11(10-16)3-5-12;1-2-4-5-3-1;1-2-4-6-5-3-7-4/h2-9H,1H3,(H,17,18);1-5H2;3H,2H2,1H3. The van der Waals surface area contributed by atoms with Crippen LogP contribution in [0.25, 0.3) is 11.1 Å². The predicted molar refractivity (Wildman–Crippen MR) is 117 cm³/mol. The number of hydrogen-bond donors (Lipinski definition) is 1. The Bertz CT molecular complexity index is 900. The molecule has 6 heteroatoms. The number of rotatable bonds is 3. The topological polar surface area (TPSA) is 91.8 Å². The van der Waals surface area contributed by atoms with Gasteiger partial charge in [0, 0.05) is 19.0 Å². The van der Waals surface area contributed by atoms with E-state index in [4.69, 9.17) is 9.68 Å². The molecule has 4 rings (SSSR count). The first-order chi connectivity index (χ1) is 14.7. The Hall–Kier alpha value is -3.46. The van der Waals surface area contributed by atoms with E-state index in [0.29, 0.717) is 17.0 Å². The molecule has 2 aromatic carbocycles. The van der Waals surface area contributed by atoms with Crippen LogP contribution in [0.1, 0.15) is 60.8 Å². The van der Waals surface area contributed by atoms with Crippen LogP contribution in [0.5, 0.6) is 0 Å². The third-order valence-corrected chi connectivity index (χ3v) is 4.68. The highest BCUT2D eigenvalue weighted by molar-refractivity contribution is 5.94. The maximum Gasteiger partial charge on any atom is 0.251 e. The van der Waals surface area contributed by atoms with Gasteiger partial charge in [-0.3, -0.25) is 4.79 Å². The van der Waals surface area contributed by atoms with Gasteiger partial charge in [-0.2, -0.15) is 5.26 Å². The van der Waals surface area contributed by atoms with Gasteiger partial charge in [-0.05, 0) is 35.4 Å². The van der Waals surface area contributed by atoms with Gasteiger partial charge in [0.1, 0.15) is 0 Å². The highest BCUT2D eigenvalue weighted by atomic mass is 16.4. The van der Waals surface area contributed by atoms with Crippen molar-refractivity contribution in [3.8, 4) is 17.2 Å². The predicted octanol–water partition coefficient (Wildman–Crippen LogP) is 5.17. The lowest BCUT2D eigenvalue weighted by atomic mass is 10.0. The number of aromatic nitrogens is 2. The Morgan fingerprint density at radius 2 is 1.53 bits per heavy atom. The molecule has 1 amide bonds. The van der Waals surface area contributed by atoms with E-state index < -0.39 is 0 Å². The van der Waals surface area contributed by atoms with Gasteiger partial charge >= 0.3 is 0 Å². The van der Waals surface area contributed by atoms with Crippen LogP contribution in [0, 0.1) is 11.3 Å². The van der Waals surface area contributed by atoms with Gasteiger partial charge < -0.3 is 9.73 Å². The Morgan fingerprint density at radius 3 is 1.90 bits per heavy atom. The molecule has 0 atom stereocenters. The molecule has 0 aliphatic heterocycles. The summed E-state index contributed by atoms with van der Waals surface area (Å²) in [6.45, 7) is 1.97. The maximum absolute atomic E-state index is 11.4. The second kappa shape index (κ2) is 12.9. The van der Waals surface area contributed by atoms with Crippen LogP contribution in [-0.2, 0) is 6.42 Å². The van der Waals surface area contributed by atoms with Crippen molar-refractivity contribution in [3.63, 3.8) is 0 Å². The van der Waals surface area contributed by atoms with Crippen LogP contribution in [0.4, 0.5) is 0 Å². The van der Waals surface area contributed by atoms with Crippen LogP contribution in [0.2, 0.25) is 0 Å². The minimum absolute atomic E-state index is 0.0959. The Balaban J connectivity index is 0.000000216. The van der Waals surface area contributed by atoms with Crippen molar-refractivity contribution in [1.29, 1.82) is 5.26 Å². The number of carbonyl (C=O) groups is 1. The van der Waals surface area contributed by atoms with Gasteiger partial charge in [-0.25, -0.2) is 0 Å². The molecule has 0 spiro atoms. The summed E-state index contributed by atoms with van der Waals surface area (Å²) in [4.78, 5) is 11.4. The summed E-state index contributed by atoms with van der Waals surface area (Å²) < 4.78 is 4.76. The van der Waals surface area contributed by atoms with Crippen molar-refractivity contribution in [1.82, 2.24) is 15.5 Å². The zero-order chi connectivity index (χ0) is 21.6. The number of carbonyl (C=O) groups excluding carboxylic acids is 1. The minimum atomic E-state index is -0.0959. The molecular weight excluding hydrogens is 376 g/mol. The van der Waals surface area contributed by atoms with Crippen molar-refractivity contribution in [2.24, 2.45) is 0 Å². The van der Waals surface area contributed by atoms with E-state index in [2.05, 4.69) is 21.6 Å². The third kappa shape index (κ3) is 7.51. The summed E-state index contributed by atoms with van der Waals surface area (Å²) in [7, 11) is 1.61. The van der Waals surface area contributed by atoms with Gasteiger partial charge in [0.25, 0.3) is 5.91 Å². The van der Waals surface area contributed by atoms with E-state index in [0.717, 1.165) is 17.5 Å². The lowest BCUT2D eigenvalue weighted by molar-refractivity contribution is 0.0963. The fourth-order valence-corrected chi connectivity index (χ4v) is 2.93. The number of aryl methyl sites for hydroxylation is 1. The molecule has 0 unspecified atom stereocenters. The first-order valence-corrected chi connectivity index (χ1v) is 10.3. The highest BCUT2D eigenvalue weighted by Gasteiger charge is 2.03. The number of hydrogen-bond acceptors (Lipinski definition) is 5. The fourth-order valence-electron chi connectivity index (χ4n) is 2.93. The number of nitrogens with zero attached hydrogens (tertiary/aromatic N) is 3.